The third-order valence-electron chi connectivity index (χ3n) is 10.6. The number of urea groups is 1. The van der Waals surface area contributed by atoms with Crippen molar-refractivity contribution in [3.63, 3.8) is 0 Å². The van der Waals surface area contributed by atoms with Gasteiger partial charge in [-0.25, -0.2) is 9.78 Å². The number of anilines is 1. The van der Waals surface area contributed by atoms with Gasteiger partial charge in [0.2, 0.25) is 17.7 Å². The van der Waals surface area contributed by atoms with Crippen LogP contribution in [0.1, 0.15) is 183 Å². The minimum absolute atomic E-state index is 0. The molecule has 0 spiro atoms. The minimum atomic E-state index is -1.63. The molecule has 1 aromatic carbocycles. The number of aliphatic carboxylic acids is 2. The molecule has 0 saturated carbocycles. The molecule has 0 saturated heterocycles. The zero-order valence-electron chi connectivity index (χ0n) is 43.2. The van der Waals surface area contributed by atoms with Crippen molar-refractivity contribution in [2.45, 2.75) is 195 Å². The summed E-state index contributed by atoms with van der Waals surface area (Å²) in [6, 6.07) is 4.47. The van der Waals surface area contributed by atoms with Crippen LogP contribution in [0.3, 0.4) is 0 Å². The van der Waals surface area contributed by atoms with Gasteiger partial charge >= 0.3 is 65.1 Å². The number of carbonyl (C=O) groups is 6. The van der Waals surface area contributed by atoms with E-state index >= 15 is 0 Å². The maximum absolute atomic E-state index is 12.6. The summed E-state index contributed by atoms with van der Waals surface area (Å²) in [4.78, 5) is 75.9. The van der Waals surface area contributed by atoms with E-state index in [0.29, 0.717) is 31.1 Å². The predicted octanol–water partition coefficient (Wildman–Crippen LogP) is 1.96. The standard InChI is InChI=1S/C27H43N3O3S.C23H41N3O6.2Na/c1-7-8-9-11-17-23(31)30(20(2)3)18-12-10-13-19-33-21-15-14-16-22-24(21)28-26(34-22)29-25(32)27(4,5)6;1-2-3-13-16-24-23(32)25-17-14-11-9-7-5-4-6-8-10-12-15-20(27)26-19(22(30)31)18-21(28)29;;/h14-16,20H,7-13,17-19H2,1-6H3,(H,28,29,32);5,7,19H,2-4,6,8-18H2,1H3,(H,26,27)(H,28,29)(H,30,31)(H2,24,25,32);;/q;;2*+1/p-2/b;7-5-;;. The summed E-state index contributed by atoms with van der Waals surface area (Å²) in [5.41, 5.74) is 0.318. The molecule has 5 amide bonds. The van der Waals surface area contributed by atoms with Gasteiger partial charge in [0, 0.05) is 56.3 Å². The van der Waals surface area contributed by atoms with Gasteiger partial charge in [-0.3, -0.25) is 14.4 Å². The van der Waals surface area contributed by atoms with Crippen LogP contribution in [0.25, 0.3) is 10.2 Å². The number of carboxylic acids is 2. The number of amides is 5. The Morgan fingerprint density at radius 2 is 1.34 bits per heavy atom. The second-order valence-corrected chi connectivity index (χ2v) is 19.1. The molecule has 18 heteroatoms. The van der Waals surface area contributed by atoms with E-state index in [-0.39, 0.29) is 89.4 Å². The summed E-state index contributed by atoms with van der Waals surface area (Å²) in [6.07, 6.45) is 22.3. The van der Waals surface area contributed by atoms with E-state index in [9.17, 15) is 39.0 Å². The predicted molar refractivity (Wildman–Crippen MR) is 261 cm³/mol. The zero-order valence-corrected chi connectivity index (χ0v) is 48.0. The summed E-state index contributed by atoms with van der Waals surface area (Å²) >= 11 is 1.46. The fourth-order valence-electron chi connectivity index (χ4n) is 6.63. The molecule has 0 radical (unpaired) electrons. The van der Waals surface area contributed by atoms with E-state index in [1.807, 2.05) is 43.9 Å². The maximum atomic E-state index is 12.6. The molecule has 374 valence electrons. The number of rotatable bonds is 34. The number of hydrogen-bond donors (Lipinski definition) is 4. The Balaban J connectivity index is 0. The van der Waals surface area contributed by atoms with Gasteiger partial charge in [0.05, 0.1) is 23.3 Å². The van der Waals surface area contributed by atoms with Gasteiger partial charge in [-0.2, -0.15) is 0 Å². The van der Waals surface area contributed by atoms with Crippen LogP contribution < -0.4 is 95.3 Å². The number of aromatic nitrogens is 1. The topological polar surface area (TPSA) is 222 Å². The molecule has 68 heavy (non-hydrogen) atoms. The van der Waals surface area contributed by atoms with Crippen molar-refractivity contribution in [1.82, 2.24) is 25.8 Å². The minimum Gasteiger partial charge on any atom is -0.550 e. The second kappa shape index (κ2) is 40.9. The van der Waals surface area contributed by atoms with Gasteiger partial charge in [0.15, 0.2) is 5.13 Å². The monoisotopic (exact) mass is 989 g/mol. The molecule has 1 heterocycles. The van der Waals surface area contributed by atoms with Crippen molar-refractivity contribution in [2.75, 3.05) is 31.6 Å². The third-order valence-corrected chi connectivity index (χ3v) is 11.5. The van der Waals surface area contributed by atoms with E-state index in [0.717, 1.165) is 125 Å². The number of hydrogen-bond acceptors (Lipinski definition) is 11. The van der Waals surface area contributed by atoms with Gasteiger partial charge in [0.25, 0.3) is 0 Å². The Morgan fingerprint density at radius 3 is 1.94 bits per heavy atom. The third kappa shape index (κ3) is 33.0. The molecule has 0 fully saturated rings. The van der Waals surface area contributed by atoms with Crippen LogP contribution in [0, 0.1) is 5.41 Å². The molecule has 0 bridgehead atoms. The van der Waals surface area contributed by atoms with Crippen LogP contribution in [-0.4, -0.2) is 83.9 Å². The maximum Gasteiger partial charge on any atom is 1.00 e. The number of carbonyl (C=O) groups excluding carboxylic acids is 6. The number of nitrogens with zero attached hydrogens (tertiary/aromatic N) is 2. The SMILES string of the molecule is CCCCCCC(=O)N(CCCCCOc1cccc2sc(NC(=O)C(C)(C)C)nc12)C(C)C.CCCCCNC(=O)NCCCC/C=C\CCCCCCC(=O)NC(CC(=O)[O-])C(=O)[O-].[Na+].[Na+]. The summed E-state index contributed by atoms with van der Waals surface area (Å²) < 4.78 is 7.03. The number of nitrogens with one attached hydrogen (secondary N) is 4. The molecule has 1 aromatic heterocycles. The Kier molecular flexibility index (Phi) is 40.6. The van der Waals surface area contributed by atoms with Crippen LogP contribution in [0.4, 0.5) is 9.93 Å². The van der Waals surface area contributed by atoms with Crippen LogP contribution in [-0.2, 0) is 24.0 Å². The molecule has 2 aromatic rings. The van der Waals surface area contributed by atoms with Crippen molar-refractivity contribution < 1.29 is 103 Å². The molecule has 0 aliphatic carbocycles. The van der Waals surface area contributed by atoms with E-state index in [2.05, 4.69) is 66.1 Å². The van der Waals surface area contributed by atoms with E-state index in [1.54, 1.807) is 0 Å². The van der Waals surface area contributed by atoms with Gasteiger partial charge < -0.3 is 50.7 Å². The first kappa shape index (κ1) is 67.3. The van der Waals surface area contributed by atoms with E-state index < -0.39 is 35.7 Å². The van der Waals surface area contributed by atoms with Crippen LogP contribution in [0.15, 0.2) is 30.4 Å². The average Bonchev–Trinajstić information content (AvgIpc) is 3.67. The average molecular weight is 989 g/mol. The number of para-hydroxylation sites is 1. The van der Waals surface area contributed by atoms with Gasteiger partial charge in [-0.1, -0.05) is 109 Å². The number of benzene rings is 1. The summed E-state index contributed by atoms with van der Waals surface area (Å²) in [5.74, 6) is -2.70. The van der Waals surface area contributed by atoms with Crippen molar-refractivity contribution in [3.05, 3.63) is 30.4 Å². The Bertz CT molecular complexity index is 1760. The van der Waals surface area contributed by atoms with Gasteiger partial charge in [0.1, 0.15) is 11.3 Å². The van der Waals surface area contributed by atoms with Crippen LogP contribution in [0.2, 0.25) is 0 Å². The zero-order chi connectivity index (χ0) is 49.2. The van der Waals surface area contributed by atoms with E-state index in [1.165, 1.54) is 24.2 Å². The van der Waals surface area contributed by atoms with Gasteiger partial charge in [-0.05, 0) is 96.6 Å². The Labute approximate surface area is 455 Å². The summed E-state index contributed by atoms with van der Waals surface area (Å²) in [6.45, 7) is 17.0. The van der Waals surface area contributed by atoms with Crippen molar-refractivity contribution >= 4 is 62.4 Å². The Hall–Kier alpha value is -2.73. The smallest absolute Gasteiger partial charge is 0.550 e. The summed E-state index contributed by atoms with van der Waals surface area (Å²) in [7, 11) is 0. The molecule has 0 aliphatic rings. The second-order valence-electron chi connectivity index (χ2n) is 18.1. The Morgan fingerprint density at radius 1 is 0.765 bits per heavy atom. The fraction of sp³-hybridized carbons (Fsp3) is 0.700. The molecular formula is C50H82N6Na2O9S. The number of allylic oxidation sites excluding steroid dienone is 2. The fourth-order valence-corrected chi connectivity index (χ4v) is 7.51. The van der Waals surface area contributed by atoms with Crippen molar-refractivity contribution in [3.8, 4) is 5.75 Å². The molecule has 1 atom stereocenters. The summed E-state index contributed by atoms with van der Waals surface area (Å²) in [5, 5.41) is 32.6. The van der Waals surface area contributed by atoms with Crippen molar-refractivity contribution in [1.29, 1.82) is 0 Å². The van der Waals surface area contributed by atoms with Crippen molar-refractivity contribution in [2.24, 2.45) is 5.41 Å². The normalized spacial score (nSPS) is 11.4. The molecule has 4 N–H and O–H groups in total. The number of carboxylic acid groups (broad SMARTS) is 2. The van der Waals surface area contributed by atoms with Crippen LogP contribution in [0.5, 0.6) is 5.75 Å². The molecule has 15 nitrogen and oxygen atoms in total. The number of unbranched alkanes of at least 4 members (excludes halogenated alkanes) is 13. The molecule has 2 rings (SSSR count). The number of ether oxygens (including phenoxy) is 1. The van der Waals surface area contributed by atoms with Gasteiger partial charge in [-0.15, -0.1) is 0 Å². The molecular weight excluding hydrogens is 907 g/mol. The number of thiazole rings is 1. The first-order valence-corrected chi connectivity index (χ1v) is 25.3. The quantitative estimate of drug-likeness (QED) is 0.0454. The molecule has 1 unspecified atom stereocenters. The number of fused-ring (bicyclic) bond motifs is 1. The largest absolute Gasteiger partial charge is 1.00 e. The first-order chi connectivity index (χ1) is 31.5. The van der Waals surface area contributed by atoms with Crippen LogP contribution >= 0.6 is 11.3 Å². The first-order valence-electron chi connectivity index (χ1n) is 24.5. The molecule has 0 aliphatic heterocycles. The van der Waals surface area contributed by atoms with E-state index in [4.69, 9.17) is 4.74 Å².